The zero-order valence-corrected chi connectivity index (χ0v) is 10.7. The Kier molecular flexibility index (Phi) is 2.51. The van der Waals surface area contributed by atoms with Crippen LogP contribution in [0.5, 0.6) is 0 Å². The summed E-state index contributed by atoms with van der Waals surface area (Å²) in [6.07, 6.45) is 4.38. The maximum atomic E-state index is 12.2. The average molecular weight is 280 g/mol. The molecule has 1 aliphatic heterocycles. The molecule has 3 rings (SSSR count). The SMILES string of the molecule is O=C(C1CCC1)N1CCc2ccc(Br)cc21. The van der Waals surface area contributed by atoms with Crippen molar-refractivity contribution >= 4 is 27.5 Å². The van der Waals surface area contributed by atoms with Crippen LogP contribution in [0.25, 0.3) is 0 Å². The van der Waals surface area contributed by atoms with Crippen LogP contribution in [-0.4, -0.2) is 12.5 Å². The van der Waals surface area contributed by atoms with Gasteiger partial charge >= 0.3 is 0 Å². The molecular weight excluding hydrogens is 266 g/mol. The summed E-state index contributed by atoms with van der Waals surface area (Å²) >= 11 is 3.47. The molecule has 2 aliphatic rings. The van der Waals surface area contributed by atoms with E-state index in [-0.39, 0.29) is 0 Å². The van der Waals surface area contributed by atoms with Crippen molar-refractivity contribution in [2.45, 2.75) is 25.7 Å². The van der Waals surface area contributed by atoms with Gasteiger partial charge in [0.1, 0.15) is 0 Å². The Hall–Kier alpha value is -0.830. The van der Waals surface area contributed by atoms with E-state index in [1.165, 1.54) is 12.0 Å². The molecule has 1 amide bonds. The first kappa shape index (κ1) is 10.3. The Morgan fingerprint density at radius 3 is 2.88 bits per heavy atom. The molecule has 0 atom stereocenters. The van der Waals surface area contributed by atoms with Crippen LogP contribution in [-0.2, 0) is 11.2 Å². The molecule has 84 valence electrons. The minimum atomic E-state index is 0.296. The Labute approximate surface area is 104 Å². The number of halogens is 1. The quantitative estimate of drug-likeness (QED) is 0.774. The number of rotatable bonds is 1. The number of nitrogens with zero attached hydrogens (tertiary/aromatic N) is 1. The first-order valence-electron chi connectivity index (χ1n) is 5.85. The summed E-state index contributed by atoms with van der Waals surface area (Å²) in [7, 11) is 0. The van der Waals surface area contributed by atoms with E-state index < -0.39 is 0 Å². The highest BCUT2D eigenvalue weighted by atomic mass is 79.9. The lowest BCUT2D eigenvalue weighted by Gasteiger charge is -2.29. The fourth-order valence-electron chi connectivity index (χ4n) is 2.46. The van der Waals surface area contributed by atoms with Crippen LogP contribution < -0.4 is 4.90 Å². The van der Waals surface area contributed by atoms with Crippen LogP contribution in [0.4, 0.5) is 5.69 Å². The highest BCUT2D eigenvalue weighted by molar-refractivity contribution is 9.10. The van der Waals surface area contributed by atoms with Gasteiger partial charge in [-0.25, -0.2) is 0 Å². The summed E-state index contributed by atoms with van der Waals surface area (Å²) < 4.78 is 1.06. The van der Waals surface area contributed by atoms with Gasteiger partial charge in [-0.05, 0) is 37.0 Å². The number of hydrogen-bond acceptors (Lipinski definition) is 1. The Morgan fingerprint density at radius 2 is 2.19 bits per heavy atom. The fraction of sp³-hybridized carbons (Fsp3) is 0.462. The minimum absolute atomic E-state index is 0.296. The third-order valence-corrected chi connectivity index (χ3v) is 4.16. The van der Waals surface area contributed by atoms with E-state index >= 15 is 0 Å². The molecule has 0 spiro atoms. The normalized spacial score (nSPS) is 19.4. The monoisotopic (exact) mass is 279 g/mol. The summed E-state index contributed by atoms with van der Waals surface area (Å²) in [5, 5.41) is 0. The zero-order valence-electron chi connectivity index (χ0n) is 9.08. The molecule has 0 unspecified atom stereocenters. The van der Waals surface area contributed by atoms with Crippen molar-refractivity contribution in [2.75, 3.05) is 11.4 Å². The third kappa shape index (κ3) is 1.58. The maximum absolute atomic E-state index is 12.2. The second-order valence-electron chi connectivity index (χ2n) is 4.64. The van der Waals surface area contributed by atoms with Gasteiger partial charge in [0.25, 0.3) is 0 Å². The van der Waals surface area contributed by atoms with Crippen LogP contribution in [0.3, 0.4) is 0 Å². The standard InChI is InChI=1S/C13H14BrNO/c14-11-5-4-9-6-7-15(12(9)8-11)13(16)10-2-1-3-10/h4-5,8,10H,1-3,6-7H2. The molecule has 16 heavy (non-hydrogen) atoms. The first-order valence-corrected chi connectivity index (χ1v) is 6.65. The van der Waals surface area contributed by atoms with E-state index in [4.69, 9.17) is 0 Å². The molecule has 1 aromatic rings. The van der Waals surface area contributed by atoms with Crippen LogP contribution in [0.15, 0.2) is 22.7 Å². The van der Waals surface area contributed by atoms with Gasteiger partial charge in [-0.3, -0.25) is 4.79 Å². The van der Waals surface area contributed by atoms with Crippen molar-refractivity contribution < 1.29 is 4.79 Å². The lowest BCUT2D eigenvalue weighted by atomic mass is 9.84. The number of carbonyl (C=O) groups is 1. The summed E-state index contributed by atoms with van der Waals surface area (Å²) in [6, 6.07) is 6.24. The predicted molar refractivity (Wildman–Crippen MR) is 67.5 cm³/mol. The molecule has 0 radical (unpaired) electrons. The van der Waals surface area contributed by atoms with E-state index in [9.17, 15) is 4.79 Å². The number of carbonyl (C=O) groups excluding carboxylic acids is 1. The van der Waals surface area contributed by atoms with Crippen molar-refractivity contribution in [1.82, 2.24) is 0 Å². The maximum Gasteiger partial charge on any atom is 0.230 e. The van der Waals surface area contributed by atoms with E-state index in [2.05, 4.69) is 34.1 Å². The van der Waals surface area contributed by atoms with Gasteiger partial charge < -0.3 is 4.90 Å². The zero-order chi connectivity index (χ0) is 11.1. The molecule has 1 saturated carbocycles. The highest BCUT2D eigenvalue weighted by Crippen LogP contribution is 2.35. The fourth-order valence-corrected chi connectivity index (χ4v) is 2.81. The second-order valence-corrected chi connectivity index (χ2v) is 5.56. The van der Waals surface area contributed by atoms with Gasteiger partial charge in [0.2, 0.25) is 5.91 Å². The topological polar surface area (TPSA) is 20.3 Å². The number of anilines is 1. The molecule has 2 nitrogen and oxygen atoms in total. The second kappa shape index (κ2) is 3.88. The van der Waals surface area contributed by atoms with Crippen LogP contribution >= 0.6 is 15.9 Å². The third-order valence-electron chi connectivity index (χ3n) is 3.66. The molecule has 0 saturated heterocycles. The van der Waals surface area contributed by atoms with Gasteiger partial charge in [0.05, 0.1) is 0 Å². The first-order chi connectivity index (χ1) is 7.75. The van der Waals surface area contributed by atoms with Crippen molar-refractivity contribution in [3.05, 3.63) is 28.2 Å². The van der Waals surface area contributed by atoms with E-state index in [1.54, 1.807) is 0 Å². The highest BCUT2D eigenvalue weighted by Gasteiger charge is 2.33. The molecule has 1 aliphatic carbocycles. The molecule has 1 fully saturated rings. The van der Waals surface area contributed by atoms with Crippen LogP contribution in [0, 0.1) is 5.92 Å². The number of amides is 1. The van der Waals surface area contributed by atoms with E-state index in [0.29, 0.717) is 11.8 Å². The number of fused-ring (bicyclic) bond motifs is 1. The van der Waals surface area contributed by atoms with Gasteiger partial charge in [-0.2, -0.15) is 0 Å². The van der Waals surface area contributed by atoms with Crippen LogP contribution in [0.2, 0.25) is 0 Å². The predicted octanol–water partition coefficient (Wildman–Crippen LogP) is 3.14. The van der Waals surface area contributed by atoms with Gasteiger partial charge in [-0.1, -0.05) is 28.4 Å². The Balaban J connectivity index is 1.89. The average Bonchev–Trinajstić information content (AvgIpc) is 2.57. The largest absolute Gasteiger partial charge is 0.312 e. The molecular formula is C13H14BrNO. The molecule has 3 heteroatoms. The number of hydrogen-bond donors (Lipinski definition) is 0. The molecule has 1 aromatic carbocycles. The summed E-state index contributed by atoms with van der Waals surface area (Å²) in [6.45, 7) is 0.862. The van der Waals surface area contributed by atoms with E-state index in [1.807, 2.05) is 4.90 Å². The van der Waals surface area contributed by atoms with Gasteiger partial charge in [0, 0.05) is 22.6 Å². The summed E-state index contributed by atoms with van der Waals surface area (Å²) in [5.74, 6) is 0.632. The van der Waals surface area contributed by atoms with E-state index in [0.717, 1.165) is 36.0 Å². The van der Waals surface area contributed by atoms with Crippen molar-refractivity contribution in [1.29, 1.82) is 0 Å². The van der Waals surface area contributed by atoms with Crippen molar-refractivity contribution in [2.24, 2.45) is 5.92 Å². The smallest absolute Gasteiger partial charge is 0.230 e. The van der Waals surface area contributed by atoms with Crippen molar-refractivity contribution in [3.8, 4) is 0 Å². The lowest BCUT2D eigenvalue weighted by Crippen LogP contribution is -2.37. The van der Waals surface area contributed by atoms with Crippen LogP contribution in [0.1, 0.15) is 24.8 Å². The summed E-state index contributed by atoms with van der Waals surface area (Å²) in [5.41, 5.74) is 2.42. The molecule has 0 aromatic heterocycles. The van der Waals surface area contributed by atoms with Crippen molar-refractivity contribution in [3.63, 3.8) is 0 Å². The molecule has 0 bridgehead atoms. The Morgan fingerprint density at radius 1 is 1.38 bits per heavy atom. The summed E-state index contributed by atoms with van der Waals surface area (Å²) in [4.78, 5) is 14.2. The molecule has 1 heterocycles. The minimum Gasteiger partial charge on any atom is -0.312 e. The lowest BCUT2D eigenvalue weighted by molar-refractivity contribution is -0.124. The molecule has 0 N–H and O–H groups in total. The Bertz CT molecular complexity index is 440. The number of benzene rings is 1. The van der Waals surface area contributed by atoms with Gasteiger partial charge in [0.15, 0.2) is 0 Å². The van der Waals surface area contributed by atoms with Gasteiger partial charge in [-0.15, -0.1) is 0 Å².